The van der Waals surface area contributed by atoms with Crippen molar-refractivity contribution in [2.45, 2.75) is 13.3 Å². The molecule has 108 valence electrons. The van der Waals surface area contributed by atoms with Crippen molar-refractivity contribution < 1.29 is 19.6 Å². The Hall–Kier alpha value is -1.96. The lowest BCUT2D eigenvalue weighted by Gasteiger charge is -2.34. The Morgan fingerprint density at radius 1 is 1.50 bits per heavy atom. The van der Waals surface area contributed by atoms with Crippen LogP contribution in [0.2, 0.25) is 0 Å². The van der Waals surface area contributed by atoms with Crippen LogP contribution in [0.25, 0.3) is 0 Å². The maximum absolute atomic E-state index is 12.3. The number of carboxylic acids is 1. The number of carbonyl (C=O) groups excluding carboxylic acids is 1. The fraction of sp³-hybridized carbons (Fsp3) is 0.500. The van der Waals surface area contributed by atoms with Crippen molar-refractivity contribution in [2.75, 3.05) is 13.1 Å². The average molecular weight is 298 g/mol. The van der Waals surface area contributed by atoms with Crippen LogP contribution in [0.5, 0.6) is 0 Å². The van der Waals surface area contributed by atoms with Crippen LogP contribution in [0.3, 0.4) is 0 Å². The maximum atomic E-state index is 12.3. The lowest BCUT2D eigenvalue weighted by atomic mass is 9.90. The van der Waals surface area contributed by atoms with Gasteiger partial charge in [0.25, 0.3) is 5.91 Å². The zero-order valence-corrected chi connectivity index (χ0v) is 11.6. The lowest BCUT2D eigenvalue weighted by Crippen LogP contribution is -2.45. The highest BCUT2D eigenvalue weighted by molar-refractivity contribution is 7.13. The summed E-state index contributed by atoms with van der Waals surface area (Å²) in [6, 6.07) is 1.24. The highest BCUT2D eigenvalue weighted by Gasteiger charge is 2.32. The molecule has 20 heavy (non-hydrogen) atoms. The number of rotatable bonds is 3. The molecule has 0 radical (unpaired) electrons. The summed E-state index contributed by atoms with van der Waals surface area (Å²) in [5, 5.41) is 21.0. The van der Waals surface area contributed by atoms with E-state index in [2.05, 4.69) is 0 Å². The molecule has 1 aromatic heterocycles. The lowest BCUT2D eigenvalue weighted by molar-refractivity contribution is -0.380. The van der Waals surface area contributed by atoms with Gasteiger partial charge in [-0.3, -0.25) is 19.7 Å². The predicted molar refractivity (Wildman–Crippen MR) is 71.8 cm³/mol. The van der Waals surface area contributed by atoms with Crippen LogP contribution in [0.4, 0.5) is 5.00 Å². The van der Waals surface area contributed by atoms with E-state index < -0.39 is 16.8 Å². The Labute approximate surface area is 119 Å². The molecule has 7 nitrogen and oxygen atoms in total. The molecule has 1 aliphatic heterocycles. The number of thiophene rings is 1. The van der Waals surface area contributed by atoms with Gasteiger partial charge in [0.2, 0.25) is 0 Å². The maximum Gasteiger partial charge on any atom is 0.324 e. The van der Waals surface area contributed by atoms with Gasteiger partial charge in [-0.25, -0.2) is 0 Å². The van der Waals surface area contributed by atoms with Gasteiger partial charge < -0.3 is 10.0 Å². The van der Waals surface area contributed by atoms with E-state index in [9.17, 15) is 19.7 Å². The average Bonchev–Trinajstić information content (AvgIpc) is 2.86. The summed E-state index contributed by atoms with van der Waals surface area (Å²) in [6.07, 6.45) is 0.545. The van der Waals surface area contributed by atoms with E-state index in [0.29, 0.717) is 13.0 Å². The van der Waals surface area contributed by atoms with Gasteiger partial charge in [0.05, 0.1) is 16.4 Å². The second-order valence-corrected chi connectivity index (χ2v) is 5.91. The van der Waals surface area contributed by atoms with Crippen molar-refractivity contribution in [3.8, 4) is 0 Å². The van der Waals surface area contributed by atoms with Crippen molar-refractivity contribution in [1.29, 1.82) is 0 Å². The number of hydrogen-bond acceptors (Lipinski definition) is 5. The van der Waals surface area contributed by atoms with Gasteiger partial charge in [0.15, 0.2) is 0 Å². The first-order chi connectivity index (χ1) is 9.38. The number of nitrogens with zero attached hydrogens (tertiary/aromatic N) is 2. The highest BCUT2D eigenvalue weighted by atomic mass is 32.1. The van der Waals surface area contributed by atoms with Crippen LogP contribution in [0.1, 0.15) is 23.7 Å². The fourth-order valence-corrected chi connectivity index (χ4v) is 3.11. The molecule has 1 amide bonds. The molecule has 0 saturated carbocycles. The Bertz CT molecular complexity index is 556. The van der Waals surface area contributed by atoms with Gasteiger partial charge in [-0.2, -0.15) is 0 Å². The van der Waals surface area contributed by atoms with Crippen molar-refractivity contribution in [3.63, 3.8) is 0 Å². The van der Waals surface area contributed by atoms with E-state index in [4.69, 9.17) is 5.11 Å². The van der Waals surface area contributed by atoms with Crippen LogP contribution in [-0.4, -0.2) is 39.9 Å². The topological polar surface area (TPSA) is 101 Å². The second-order valence-electron chi connectivity index (χ2n) is 5.02. The summed E-state index contributed by atoms with van der Waals surface area (Å²) < 4.78 is 0. The third kappa shape index (κ3) is 2.96. The summed E-state index contributed by atoms with van der Waals surface area (Å²) >= 11 is 0.895. The van der Waals surface area contributed by atoms with Crippen LogP contribution >= 0.6 is 11.3 Å². The molecule has 0 spiro atoms. The third-order valence-corrected chi connectivity index (χ3v) is 4.19. The molecule has 0 aliphatic carbocycles. The standard InChI is InChI=1S/C12H14N2O5S/c1-7-2-8(12(16)17)5-13(4-7)11(15)9-3-10(14(18)19)20-6-9/h3,6-8H,2,4-5H2,1H3,(H,16,17). The van der Waals surface area contributed by atoms with Gasteiger partial charge >= 0.3 is 11.0 Å². The summed E-state index contributed by atoms with van der Waals surface area (Å²) in [6.45, 7) is 2.53. The van der Waals surface area contributed by atoms with E-state index >= 15 is 0 Å². The van der Waals surface area contributed by atoms with Crippen molar-refractivity contribution in [2.24, 2.45) is 11.8 Å². The first-order valence-corrected chi connectivity index (χ1v) is 7.01. The fourth-order valence-electron chi connectivity index (χ4n) is 2.41. The molecule has 8 heteroatoms. The molecule has 1 N–H and O–H groups in total. The number of carboxylic acid groups (broad SMARTS) is 1. The number of amides is 1. The van der Waals surface area contributed by atoms with Crippen LogP contribution < -0.4 is 0 Å². The minimum Gasteiger partial charge on any atom is -0.481 e. The second kappa shape index (κ2) is 5.58. The minimum absolute atomic E-state index is 0.0896. The van der Waals surface area contributed by atoms with Crippen molar-refractivity contribution >= 4 is 28.2 Å². The van der Waals surface area contributed by atoms with E-state index in [-0.39, 0.29) is 28.9 Å². The van der Waals surface area contributed by atoms with Crippen LogP contribution in [0, 0.1) is 22.0 Å². The molecule has 2 heterocycles. The molecule has 0 bridgehead atoms. The van der Waals surface area contributed by atoms with E-state index in [1.54, 1.807) is 0 Å². The molecule has 2 unspecified atom stereocenters. The largest absolute Gasteiger partial charge is 0.481 e. The smallest absolute Gasteiger partial charge is 0.324 e. The van der Waals surface area contributed by atoms with Crippen molar-refractivity contribution in [1.82, 2.24) is 4.90 Å². The summed E-state index contributed by atoms with van der Waals surface area (Å²) in [5.41, 5.74) is 0.250. The number of carbonyl (C=O) groups is 2. The molecular weight excluding hydrogens is 284 g/mol. The van der Waals surface area contributed by atoms with E-state index in [1.807, 2.05) is 6.92 Å². The molecule has 0 aromatic carbocycles. The molecule has 1 saturated heterocycles. The zero-order chi connectivity index (χ0) is 14.9. The number of nitro groups is 1. The van der Waals surface area contributed by atoms with Crippen LogP contribution in [0.15, 0.2) is 11.4 Å². The normalized spacial score (nSPS) is 22.6. The Balaban J connectivity index is 2.14. The first kappa shape index (κ1) is 14.4. The van der Waals surface area contributed by atoms with Gasteiger partial charge in [0, 0.05) is 24.5 Å². The van der Waals surface area contributed by atoms with E-state index in [0.717, 1.165) is 11.3 Å². The molecule has 1 aliphatic rings. The molecule has 1 fully saturated rings. The summed E-state index contributed by atoms with van der Waals surface area (Å²) in [5.74, 6) is -1.73. The Kier molecular flexibility index (Phi) is 4.03. The Morgan fingerprint density at radius 2 is 2.20 bits per heavy atom. The van der Waals surface area contributed by atoms with Gasteiger partial charge in [-0.15, -0.1) is 0 Å². The number of aliphatic carboxylic acids is 1. The molecular formula is C12H14N2O5S. The quantitative estimate of drug-likeness (QED) is 0.677. The molecule has 2 rings (SSSR count). The number of likely N-dealkylation sites (tertiary alicyclic amines) is 1. The SMILES string of the molecule is CC1CC(C(=O)O)CN(C(=O)c2csc([N+](=O)[O-])c2)C1. The number of piperidine rings is 1. The summed E-state index contributed by atoms with van der Waals surface area (Å²) in [7, 11) is 0. The monoisotopic (exact) mass is 298 g/mol. The van der Waals surface area contributed by atoms with Crippen molar-refractivity contribution in [3.05, 3.63) is 27.1 Å². The van der Waals surface area contributed by atoms with E-state index in [1.165, 1.54) is 16.3 Å². The van der Waals surface area contributed by atoms with Gasteiger partial charge in [-0.05, 0) is 12.3 Å². The number of hydrogen-bond donors (Lipinski definition) is 1. The molecule has 2 atom stereocenters. The van der Waals surface area contributed by atoms with Gasteiger partial charge in [0.1, 0.15) is 0 Å². The third-order valence-electron chi connectivity index (χ3n) is 3.31. The van der Waals surface area contributed by atoms with Gasteiger partial charge in [-0.1, -0.05) is 18.3 Å². The molecule has 1 aromatic rings. The zero-order valence-electron chi connectivity index (χ0n) is 10.8. The minimum atomic E-state index is -0.911. The summed E-state index contributed by atoms with van der Waals surface area (Å²) in [4.78, 5) is 34.9. The van der Waals surface area contributed by atoms with Crippen LogP contribution in [-0.2, 0) is 4.79 Å². The highest BCUT2D eigenvalue weighted by Crippen LogP contribution is 2.27. The first-order valence-electron chi connectivity index (χ1n) is 6.13. The Morgan fingerprint density at radius 3 is 2.75 bits per heavy atom. The predicted octanol–water partition coefficient (Wildman–Crippen LogP) is 1.84.